The van der Waals surface area contributed by atoms with Gasteiger partial charge in [0.25, 0.3) is 5.91 Å². The van der Waals surface area contributed by atoms with Crippen LogP contribution in [0.25, 0.3) is 6.08 Å². The molecular weight excluding hydrogens is 471 g/mol. The summed E-state index contributed by atoms with van der Waals surface area (Å²) in [6, 6.07) is 11.5. The number of carbonyl (C=O) groups excluding carboxylic acids is 1. The first-order valence-corrected chi connectivity index (χ1v) is 10.9. The van der Waals surface area contributed by atoms with Crippen LogP contribution in [0.1, 0.15) is 29.4 Å². The van der Waals surface area contributed by atoms with Crippen molar-refractivity contribution in [1.29, 1.82) is 0 Å². The molecule has 9 heteroatoms. The predicted octanol–water partition coefficient (Wildman–Crippen LogP) is 4.77. The van der Waals surface area contributed by atoms with Crippen molar-refractivity contribution in [1.82, 2.24) is 10.2 Å². The molecule has 1 aliphatic heterocycles. The SMILES string of the molecule is O=C(O)C(Cc1ccccc1)N1C(=O)/C(=C\c2ccc(C3C=CC(Cl)=C(Cl)C3)o2)NC1=S. The number of halogens is 2. The number of carboxylic acid groups (broad SMARTS) is 1. The maximum Gasteiger partial charge on any atom is 0.327 e. The van der Waals surface area contributed by atoms with Gasteiger partial charge in [-0.25, -0.2) is 4.79 Å². The smallest absolute Gasteiger partial charge is 0.327 e. The number of nitrogens with zero attached hydrogens (tertiary/aromatic N) is 1. The zero-order chi connectivity index (χ0) is 22.8. The number of benzene rings is 1. The van der Waals surface area contributed by atoms with E-state index in [-0.39, 0.29) is 23.1 Å². The van der Waals surface area contributed by atoms with Gasteiger partial charge in [-0.15, -0.1) is 0 Å². The van der Waals surface area contributed by atoms with E-state index in [1.165, 1.54) is 6.08 Å². The molecule has 2 heterocycles. The molecule has 1 amide bonds. The summed E-state index contributed by atoms with van der Waals surface area (Å²) in [4.78, 5) is 26.0. The van der Waals surface area contributed by atoms with E-state index in [2.05, 4.69) is 5.32 Å². The number of hydrogen-bond acceptors (Lipinski definition) is 4. The van der Waals surface area contributed by atoms with Gasteiger partial charge < -0.3 is 14.8 Å². The van der Waals surface area contributed by atoms with E-state index in [1.54, 1.807) is 18.2 Å². The van der Waals surface area contributed by atoms with Crippen LogP contribution >= 0.6 is 35.4 Å². The summed E-state index contributed by atoms with van der Waals surface area (Å²) in [5.74, 6) is -0.621. The maximum atomic E-state index is 13.0. The van der Waals surface area contributed by atoms with Crippen molar-refractivity contribution < 1.29 is 19.1 Å². The fourth-order valence-electron chi connectivity index (χ4n) is 3.59. The van der Waals surface area contributed by atoms with Crippen LogP contribution in [0.2, 0.25) is 0 Å². The van der Waals surface area contributed by atoms with E-state index < -0.39 is 17.9 Å². The van der Waals surface area contributed by atoms with Gasteiger partial charge in [0.15, 0.2) is 5.11 Å². The maximum absolute atomic E-state index is 13.0. The van der Waals surface area contributed by atoms with Gasteiger partial charge in [0.1, 0.15) is 23.3 Å². The van der Waals surface area contributed by atoms with E-state index in [0.29, 0.717) is 28.0 Å². The fourth-order valence-corrected chi connectivity index (χ4v) is 4.29. The van der Waals surface area contributed by atoms with Crippen LogP contribution < -0.4 is 5.32 Å². The highest BCUT2D eigenvalue weighted by Gasteiger charge is 2.40. The molecular formula is C23H18Cl2N2O4S. The van der Waals surface area contributed by atoms with Gasteiger partial charge in [0, 0.05) is 23.4 Å². The lowest BCUT2D eigenvalue weighted by Gasteiger charge is -2.22. The van der Waals surface area contributed by atoms with Gasteiger partial charge in [-0.1, -0.05) is 59.6 Å². The molecule has 1 fully saturated rings. The molecule has 0 spiro atoms. The van der Waals surface area contributed by atoms with Crippen molar-refractivity contribution in [3.05, 3.63) is 87.5 Å². The zero-order valence-electron chi connectivity index (χ0n) is 16.6. The first-order valence-electron chi connectivity index (χ1n) is 9.78. The molecule has 4 rings (SSSR count). The summed E-state index contributed by atoms with van der Waals surface area (Å²) in [6.45, 7) is 0. The van der Waals surface area contributed by atoms with Crippen LogP contribution in [0, 0.1) is 0 Å². The second kappa shape index (κ2) is 9.32. The molecule has 2 atom stereocenters. The lowest BCUT2D eigenvalue weighted by Crippen LogP contribution is -2.46. The monoisotopic (exact) mass is 488 g/mol. The average molecular weight is 489 g/mol. The fraction of sp³-hybridized carbons (Fsp3) is 0.174. The molecule has 164 valence electrons. The van der Waals surface area contributed by atoms with Gasteiger partial charge in [-0.3, -0.25) is 9.69 Å². The standard InChI is InChI=1S/C23H18Cl2N2O4S/c24-16-8-6-14(11-17(16)25)20-9-7-15(31-20)12-18-21(28)27(23(32)26-18)19(22(29)30)10-13-4-2-1-3-5-13/h1-9,12,14,19H,10-11H2,(H,26,32)(H,29,30)/b18-12+. The number of aliphatic carboxylic acids is 1. The number of hydrogen-bond donors (Lipinski definition) is 2. The minimum atomic E-state index is -1.14. The number of carbonyl (C=O) groups is 2. The van der Waals surface area contributed by atoms with E-state index in [9.17, 15) is 14.7 Å². The Labute approximate surface area is 199 Å². The molecule has 2 aromatic rings. The van der Waals surface area contributed by atoms with Gasteiger partial charge in [-0.05, 0) is 42.4 Å². The minimum absolute atomic E-state index is 0.0399. The number of amides is 1. The second-order valence-electron chi connectivity index (χ2n) is 7.37. The molecule has 2 N–H and O–H groups in total. The van der Waals surface area contributed by atoms with Gasteiger partial charge in [-0.2, -0.15) is 0 Å². The lowest BCUT2D eigenvalue weighted by molar-refractivity contribution is -0.145. The van der Waals surface area contributed by atoms with E-state index in [1.807, 2.05) is 36.4 Å². The highest BCUT2D eigenvalue weighted by molar-refractivity contribution is 7.80. The first kappa shape index (κ1) is 22.3. The lowest BCUT2D eigenvalue weighted by atomic mass is 9.98. The van der Waals surface area contributed by atoms with Crippen molar-refractivity contribution >= 4 is 58.5 Å². The van der Waals surface area contributed by atoms with Crippen molar-refractivity contribution in [3.8, 4) is 0 Å². The third kappa shape index (κ3) is 4.65. The van der Waals surface area contributed by atoms with Crippen LogP contribution in [-0.2, 0) is 16.0 Å². The molecule has 1 aromatic carbocycles. The summed E-state index contributed by atoms with van der Waals surface area (Å²) in [7, 11) is 0. The summed E-state index contributed by atoms with van der Waals surface area (Å²) in [5, 5.41) is 13.7. The van der Waals surface area contributed by atoms with Crippen LogP contribution in [-0.4, -0.2) is 33.0 Å². The second-order valence-corrected chi connectivity index (χ2v) is 8.62. The summed E-state index contributed by atoms with van der Waals surface area (Å²) < 4.78 is 5.87. The Hall–Kier alpha value is -2.87. The van der Waals surface area contributed by atoms with Gasteiger partial charge in [0.05, 0.1) is 5.03 Å². The molecule has 0 bridgehead atoms. The van der Waals surface area contributed by atoms with E-state index in [0.717, 1.165) is 10.5 Å². The Balaban J connectivity index is 1.53. The summed E-state index contributed by atoms with van der Waals surface area (Å²) in [6.07, 6.45) is 5.80. The molecule has 6 nitrogen and oxygen atoms in total. The highest BCUT2D eigenvalue weighted by atomic mass is 35.5. The number of nitrogens with one attached hydrogen (secondary N) is 1. The third-order valence-corrected chi connectivity index (χ3v) is 6.32. The van der Waals surface area contributed by atoms with Crippen LogP contribution in [0.4, 0.5) is 0 Å². The third-order valence-electron chi connectivity index (χ3n) is 5.21. The summed E-state index contributed by atoms with van der Waals surface area (Å²) in [5.41, 5.74) is 0.937. The number of allylic oxidation sites excluding steroid dienone is 4. The Morgan fingerprint density at radius 3 is 2.72 bits per heavy atom. The topological polar surface area (TPSA) is 82.8 Å². The van der Waals surface area contributed by atoms with Gasteiger partial charge in [0.2, 0.25) is 0 Å². The Morgan fingerprint density at radius 2 is 2.03 bits per heavy atom. The predicted molar refractivity (Wildman–Crippen MR) is 126 cm³/mol. The van der Waals surface area contributed by atoms with Crippen molar-refractivity contribution in [3.63, 3.8) is 0 Å². The van der Waals surface area contributed by atoms with Crippen molar-refractivity contribution in [2.45, 2.75) is 24.8 Å². The molecule has 2 aliphatic rings. The van der Waals surface area contributed by atoms with Crippen LogP contribution in [0.3, 0.4) is 0 Å². The molecule has 2 unspecified atom stereocenters. The summed E-state index contributed by atoms with van der Waals surface area (Å²) >= 11 is 17.4. The Morgan fingerprint density at radius 1 is 1.28 bits per heavy atom. The Kier molecular flexibility index (Phi) is 6.50. The first-order chi connectivity index (χ1) is 15.3. The van der Waals surface area contributed by atoms with Gasteiger partial charge >= 0.3 is 5.97 Å². The quantitative estimate of drug-likeness (QED) is 0.450. The van der Waals surface area contributed by atoms with Crippen LogP contribution in [0.15, 0.2) is 74.8 Å². The number of thiocarbonyl (C=S) groups is 1. The highest BCUT2D eigenvalue weighted by Crippen LogP contribution is 2.35. The molecule has 0 radical (unpaired) electrons. The number of rotatable bonds is 6. The zero-order valence-corrected chi connectivity index (χ0v) is 19.0. The van der Waals surface area contributed by atoms with Crippen LogP contribution in [0.5, 0.6) is 0 Å². The minimum Gasteiger partial charge on any atom is -0.480 e. The molecule has 1 aliphatic carbocycles. The molecule has 32 heavy (non-hydrogen) atoms. The normalized spacial score (nSPS) is 20.8. The average Bonchev–Trinajstić information content (AvgIpc) is 3.34. The number of furan rings is 1. The largest absolute Gasteiger partial charge is 0.480 e. The molecule has 0 saturated carbocycles. The van der Waals surface area contributed by atoms with E-state index >= 15 is 0 Å². The molecule has 1 aromatic heterocycles. The van der Waals surface area contributed by atoms with Crippen molar-refractivity contribution in [2.75, 3.05) is 0 Å². The van der Waals surface area contributed by atoms with Crippen molar-refractivity contribution in [2.24, 2.45) is 0 Å². The Bertz CT molecular complexity index is 1170. The number of carboxylic acids is 1. The molecule has 1 saturated heterocycles. The van der Waals surface area contributed by atoms with E-state index in [4.69, 9.17) is 39.8 Å².